The number of aromatic amines is 1. The van der Waals surface area contributed by atoms with E-state index in [1.807, 2.05) is 42.5 Å². The van der Waals surface area contributed by atoms with Gasteiger partial charge in [-0.1, -0.05) is 35.9 Å². The molecule has 1 saturated heterocycles. The number of piperidine rings is 1. The van der Waals surface area contributed by atoms with Gasteiger partial charge in [-0.15, -0.1) is 0 Å². The van der Waals surface area contributed by atoms with Crippen molar-refractivity contribution in [3.05, 3.63) is 71.2 Å². The third kappa shape index (κ3) is 6.77. The summed E-state index contributed by atoms with van der Waals surface area (Å²) in [7, 11) is 0. The molecule has 4 aromatic rings. The van der Waals surface area contributed by atoms with Crippen LogP contribution in [0.15, 0.2) is 65.8 Å². The van der Waals surface area contributed by atoms with Crippen molar-refractivity contribution < 1.29 is 24.2 Å². The van der Waals surface area contributed by atoms with E-state index in [0.29, 0.717) is 43.2 Å². The minimum atomic E-state index is -0.673. The molecule has 0 aliphatic carbocycles. The number of likely N-dealkylation sites (tertiary alicyclic amines) is 1. The molecule has 11 heteroatoms. The average molecular weight is 604 g/mol. The van der Waals surface area contributed by atoms with E-state index in [4.69, 9.17) is 21.1 Å². The Kier molecular flexibility index (Phi) is 8.78. The topological polar surface area (TPSA) is 128 Å². The summed E-state index contributed by atoms with van der Waals surface area (Å²) in [6, 6.07) is 19.5. The molecule has 0 spiro atoms. The number of nitrogens with one attached hydrogen (secondary N) is 3. The number of hydrogen-bond donors (Lipinski definition) is 4. The Labute approximate surface area is 254 Å². The molecule has 1 atom stereocenters. The van der Waals surface area contributed by atoms with E-state index in [1.165, 1.54) is 0 Å². The van der Waals surface area contributed by atoms with Crippen LogP contribution in [-0.2, 0) is 9.59 Å². The summed E-state index contributed by atoms with van der Waals surface area (Å²) in [5.74, 6) is 0.964. The van der Waals surface area contributed by atoms with Crippen LogP contribution in [-0.4, -0.2) is 77.5 Å². The van der Waals surface area contributed by atoms with Crippen molar-refractivity contribution in [1.82, 2.24) is 20.6 Å². The smallest absolute Gasteiger partial charge is 0.260 e. The molecule has 3 heterocycles. The van der Waals surface area contributed by atoms with E-state index in [2.05, 4.69) is 26.9 Å². The monoisotopic (exact) mass is 603 g/mol. The summed E-state index contributed by atoms with van der Waals surface area (Å²) in [6.45, 7) is 1.68. The van der Waals surface area contributed by atoms with Crippen LogP contribution >= 0.6 is 11.6 Å². The Morgan fingerprint density at radius 3 is 2.65 bits per heavy atom. The van der Waals surface area contributed by atoms with Crippen molar-refractivity contribution in [2.75, 3.05) is 32.8 Å². The first-order chi connectivity index (χ1) is 20.9. The second kappa shape index (κ2) is 13.0. The molecule has 224 valence electrons. The molecule has 2 aliphatic heterocycles. The van der Waals surface area contributed by atoms with Gasteiger partial charge in [0.2, 0.25) is 5.91 Å². The number of para-hydroxylation sites is 1. The first kappa shape index (κ1) is 29.0. The molecule has 1 fully saturated rings. The zero-order valence-corrected chi connectivity index (χ0v) is 24.4. The van der Waals surface area contributed by atoms with Crippen LogP contribution in [0.1, 0.15) is 31.2 Å². The highest BCUT2D eigenvalue weighted by atomic mass is 35.5. The number of aromatic nitrogens is 1. The third-order valence-electron chi connectivity index (χ3n) is 7.93. The highest BCUT2D eigenvalue weighted by Gasteiger charge is 2.24. The summed E-state index contributed by atoms with van der Waals surface area (Å²) in [6.07, 6.45) is 1.81. The number of aliphatic hydroxyl groups excluding tert-OH is 1. The number of rotatable bonds is 10. The molecule has 3 aromatic carbocycles. The van der Waals surface area contributed by atoms with E-state index in [1.54, 1.807) is 17.0 Å². The Morgan fingerprint density at radius 2 is 1.86 bits per heavy atom. The number of hydrazone groups is 1. The van der Waals surface area contributed by atoms with E-state index in [-0.39, 0.29) is 31.1 Å². The molecule has 1 aromatic heterocycles. The van der Waals surface area contributed by atoms with Gasteiger partial charge in [0.25, 0.3) is 5.91 Å². The first-order valence-corrected chi connectivity index (χ1v) is 14.9. The number of amides is 2. The van der Waals surface area contributed by atoms with Crippen LogP contribution in [0.5, 0.6) is 11.5 Å². The highest BCUT2D eigenvalue weighted by molar-refractivity contribution is 6.32. The number of hydrogen-bond acceptors (Lipinski definition) is 7. The largest absolute Gasteiger partial charge is 0.490 e. The van der Waals surface area contributed by atoms with Gasteiger partial charge in [-0.2, -0.15) is 5.10 Å². The van der Waals surface area contributed by atoms with E-state index in [9.17, 15) is 14.7 Å². The molecule has 0 bridgehead atoms. The molecular formula is C32H34ClN5O5. The highest BCUT2D eigenvalue weighted by Crippen LogP contribution is 2.33. The molecule has 43 heavy (non-hydrogen) atoms. The average Bonchev–Trinajstić information content (AvgIpc) is 3.42. The van der Waals surface area contributed by atoms with Crippen molar-refractivity contribution >= 4 is 50.9 Å². The van der Waals surface area contributed by atoms with Crippen LogP contribution in [0.2, 0.25) is 5.02 Å². The lowest BCUT2D eigenvalue weighted by atomic mass is 10.0. The van der Waals surface area contributed by atoms with E-state index in [0.717, 1.165) is 51.7 Å². The molecule has 10 nitrogen and oxygen atoms in total. The fourth-order valence-corrected chi connectivity index (χ4v) is 5.81. The van der Waals surface area contributed by atoms with E-state index < -0.39 is 6.10 Å². The van der Waals surface area contributed by atoms with Crippen molar-refractivity contribution in [2.24, 2.45) is 5.10 Å². The van der Waals surface area contributed by atoms with Gasteiger partial charge < -0.3 is 29.8 Å². The number of carbonyl (C=O) groups is 2. The van der Waals surface area contributed by atoms with Gasteiger partial charge in [0.05, 0.1) is 16.3 Å². The molecule has 0 radical (unpaired) electrons. The number of benzene rings is 3. The number of halogens is 1. The summed E-state index contributed by atoms with van der Waals surface area (Å²) >= 11 is 6.40. The van der Waals surface area contributed by atoms with Crippen LogP contribution in [0, 0.1) is 0 Å². The molecule has 0 saturated carbocycles. The number of fused-ring (bicyclic) bond motifs is 3. The fraction of sp³-hybridized carbons (Fsp3) is 0.344. The zero-order chi connectivity index (χ0) is 29.8. The van der Waals surface area contributed by atoms with Gasteiger partial charge >= 0.3 is 0 Å². The van der Waals surface area contributed by atoms with Crippen LogP contribution < -0.4 is 20.2 Å². The van der Waals surface area contributed by atoms with Crippen LogP contribution in [0.3, 0.4) is 0 Å². The number of H-pyrrole nitrogens is 1. The number of ether oxygens (including phenoxy) is 2. The SMILES string of the molecule is O=C1CCC(c2ccc(OCC(=O)N3CCC(NC[C@H](O)COc4cccc5[nH]c6ccccc6c45)CC3)c(Cl)c2)=NN1. The predicted molar refractivity (Wildman–Crippen MR) is 166 cm³/mol. The van der Waals surface area contributed by atoms with E-state index >= 15 is 0 Å². The van der Waals surface area contributed by atoms with Gasteiger partial charge in [-0.3, -0.25) is 9.59 Å². The Hall–Kier alpha value is -4.12. The van der Waals surface area contributed by atoms with Crippen molar-refractivity contribution in [3.8, 4) is 11.5 Å². The normalized spacial score (nSPS) is 16.7. The van der Waals surface area contributed by atoms with Gasteiger partial charge in [0.15, 0.2) is 6.61 Å². The Balaban J connectivity index is 0.925. The van der Waals surface area contributed by atoms with Crippen LogP contribution in [0.25, 0.3) is 21.8 Å². The standard InChI is InChI=1S/C32H34ClN5O5/c33-24-16-20(25-9-11-30(40)37-36-25)8-10-28(24)43-19-31(41)38-14-12-21(13-15-38)34-17-22(39)18-42-29-7-3-6-27-32(29)23-4-1-2-5-26(23)35-27/h1-8,10,16,21-22,34-35,39H,9,11-15,17-19H2,(H,37,40)/t22-/m0/s1. The predicted octanol–water partition coefficient (Wildman–Crippen LogP) is 3.99. The number of nitrogens with zero attached hydrogens (tertiary/aromatic N) is 2. The zero-order valence-electron chi connectivity index (χ0n) is 23.6. The molecule has 2 aliphatic rings. The summed E-state index contributed by atoms with van der Waals surface area (Å²) in [5, 5.41) is 20.6. The van der Waals surface area contributed by atoms with Crippen molar-refractivity contribution in [3.63, 3.8) is 0 Å². The van der Waals surface area contributed by atoms with Gasteiger partial charge in [-0.05, 0) is 54.8 Å². The van der Waals surface area contributed by atoms with Gasteiger partial charge in [0, 0.05) is 54.8 Å². The molecule has 6 rings (SSSR count). The number of carbonyl (C=O) groups excluding carboxylic acids is 2. The van der Waals surface area contributed by atoms with Gasteiger partial charge in [0.1, 0.15) is 24.2 Å². The quantitative estimate of drug-likeness (QED) is 0.217. The summed E-state index contributed by atoms with van der Waals surface area (Å²) < 4.78 is 11.8. The lowest BCUT2D eigenvalue weighted by Gasteiger charge is -2.33. The van der Waals surface area contributed by atoms with Crippen LogP contribution in [0.4, 0.5) is 0 Å². The maximum atomic E-state index is 12.8. The lowest BCUT2D eigenvalue weighted by Crippen LogP contribution is -2.48. The summed E-state index contributed by atoms with van der Waals surface area (Å²) in [4.78, 5) is 29.3. The second-order valence-corrected chi connectivity index (χ2v) is 11.3. The fourth-order valence-electron chi connectivity index (χ4n) is 5.58. The maximum Gasteiger partial charge on any atom is 0.260 e. The summed E-state index contributed by atoms with van der Waals surface area (Å²) in [5.41, 5.74) is 6.09. The first-order valence-electron chi connectivity index (χ1n) is 14.5. The molecule has 2 amide bonds. The second-order valence-electron chi connectivity index (χ2n) is 10.9. The third-order valence-corrected chi connectivity index (χ3v) is 8.23. The number of aliphatic hydroxyl groups is 1. The molecular weight excluding hydrogens is 570 g/mol. The molecule has 4 N–H and O–H groups in total. The Morgan fingerprint density at radius 1 is 1.05 bits per heavy atom. The minimum Gasteiger partial charge on any atom is -0.490 e. The minimum absolute atomic E-state index is 0.0992. The maximum absolute atomic E-state index is 12.8. The van der Waals surface area contributed by atoms with Crippen molar-refractivity contribution in [2.45, 2.75) is 37.8 Å². The lowest BCUT2D eigenvalue weighted by molar-refractivity contribution is -0.134. The van der Waals surface area contributed by atoms with Gasteiger partial charge in [-0.25, -0.2) is 5.43 Å². The van der Waals surface area contributed by atoms with Crippen molar-refractivity contribution in [1.29, 1.82) is 0 Å². The molecule has 0 unspecified atom stereocenters. The Bertz CT molecular complexity index is 1660.